The van der Waals surface area contributed by atoms with Crippen LogP contribution < -0.4 is 11.5 Å². The summed E-state index contributed by atoms with van der Waals surface area (Å²) in [4.78, 5) is 0. The van der Waals surface area contributed by atoms with Gasteiger partial charge in [-0.05, 0) is 39.0 Å². The fourth-order valence-electron chi connectivity index (χ4n) is 0.546. The number of anilines is 2. The highest BCUT2D eigenvalue weighted by Gasteiger charge is 1.91. The summed E-state index contributed by atoms with van der Waals surface area (Å²) >= 11 is 3.26. The monoisotopic (exact) mass is 310 g/mol. The van der Waals surface area contributed by atoms with Crippen molar-refractivity contribution in [2.75, 3.05) is 11.5 Å². The molecule has 0 saturated carbocycles. The second-order valence-corrected chi connectivity index (χ2v) is 3.48. The molecule has 0 bridgehead atoms. The Kier molecular flexibility index (Phi) is 21.4. The molecule has 0 saturated heterocycles. The molecule has 0 aliphatic heterocycles. The van der Waals surface area contributed by atoms with Crippen LogP contribution in [-0.4, -0.2) is 0 Å². The molecule has 0 spiro atoms. The van der Waals surface area contributed by atoms with E-state index in [4.69, 9.17) is 11.5 Å². The van der Waals surface area contributed by atoms with E-state index in [1.807, 2.05) is 33.8 Å². The van der Waals surface area contributed by atoms with Crippen LogP contribution in [0.3, 0.4) is 0 Å². The number of nitrogens with two attached hydrogens (primary N) is 2. The Morgan fingerprint density at radius 1 is 1.00 bits per heavy atom. The van der Waals surface area contributed by atoms with E-state index in [9.17, 15) is 0 Å². The predicted octanol–water partition coefficient (Wildman–Crippen LogP) is 4.31. The summed E-state index contributed by atoms with van der Waals surface area (Å²) in [5.41, 5.74) is 12.1. The van der Waals surface area contributed by atoms with Gasteiger partial charge in [0.2, 0.25) is 0 Å². The summed E-state index contributed by atoms with van der Waals surface area (Å²) in [7, 11) is 0. The number of nitrogen functional groups attached to an aromatic ring is 2. The van der Waals surface area contributed by atoms with Gasteiger partial charge in [0.25, 0.3) is 0 Å². The van der Waals surface area contributed by atoms with Crippen molar-refractivity contribution in [3.8, 4) is 24.2 Å². The summed E-state index contributed by atoms with van der Waals surface area (Å²) in [5, 5.41) is 0. The second-order valence-electron chi connectivity index (χ2n) is 2.56. The molecule has 0 heterocycles. The first-order valence-corrected chi connectivity index (χ1v) is 6.34. The molecule has 1 rings (SSSR count). The van der Waals surface area contributed by atoms with Crippen molar-refractivity contribution in [3.05, 3.63) is 22.7 Å². The topological polar surface area (TPSA) is 52.0 Å². The summed E-state index contributed by atoms with van der Waals surface area (Å²) in [6.07, 6.45) is 4.60. The van der Waals surface area contributed by atoms with Crippen LogP contribution in [0.25, 0.3) is 0 Å². The average Bonchev–Trinajstić information content (AvgIpc) is 2.38. The lowest BCUT2D eigenvalue weighted by molar-refractivity contribution is 1.50. The standard InChI is InChI=1S/C6H7BrN2.C4H6.C3H4.C2H6/c7-4-1-2-5(8)6(9)3-4;1-3-4-2;1-3-2;1-2/h1-3H,8-9H2;1-2H3;1H,2H3;1-2H3. The van der Waals surface area contributed by atoms with Crippen molar-refractivity contribution < 1.29 is 0 Å². The molecular weight excluding hydrogens is 288 g/mol. The summed E-state index contributed by atoms with van der Waals surface area (Å²) in [6, 6.07) is 5.39. The van der Waals surface area contributed by atoms with Crippen molar-refractivity contribution >= 4 is 27.3 Å². The minimum absolute atomic E-state index is 0.615. The fraction of sp³-hybridized carbons (Fsp3) is 0.333. The first kappa shape index (κ1) is 21.7. The first-order valence-electron chi connectivity index (χ1n) is 5.54. The van der Waals surface area contributed by atoms with Gasteiger partial charge in [-0.3, -0.25) is 0 Å². The maximum absolute atomic E-state index is 5.47. The molecule has 0 atom stereocenters. The molecule has 0 aliphatic rings. The molecule has 1 aromatic rings. The Morgan fingerprint density at radius 3 is 1.61 bits per heavy atom. The first-order chi connectivity index (χ1) is 8.53. The minimum atomic E-state index is 0.615. The third-order valence-corrected chi connectivity index (χ3v) is 1.79. The lowest BCUT2D eigenvalue weighted by atomic mass is 10.3. The molecule has 1 aromatic carbocycles. The third-order valence-electron chi connectivity index (χ3n) is 1.30. The zero-order valence-electron chi connectivity index (χ0n) is 11.8. The highest BCUT2D eigenvalue weighted by atomic mass is 79.9. The van der Waals surface area contributed by atoms with Gasteiger partial charge in [0.05, 0.1) is 11.4 Å². The molecular formula is C15H23BrN2. The average molecular weight is 311 g/mol. The van der Waals surface area contributed by atoms with Gasteiger partial charge in [0.15, 0.2) is 0 Å². The zero-order valence-corrected chi connectivity index (χ0v) is 13.4. The van der Waals surface area contributed by atoms with E-state index in [1.54, 1.807) is 19.1 Å². The smallest absolute Gasteiger partial charge is 0.0559 e. The van der Waals surface area contributed by atoms with Crippen molar-refractivity contribution in [2.24, 2.45) is 0 Å². The van der Waals surface area contributed by atoms with Crippen LogP contribution in [0, 0.1) is 24.2 Å². The van der Waals surface area contributed by atoms with Crippen LogP contribution in [-0.2, 0) is 0 Å². The van der Waals surface area contributed by atoms with Crippen LogP contribution in [0.5, 0.6) is 0 Å². The van der Waals surface area contributed by atoms with Crippen molar-refractivity contribution in [1.82, 2.24) is 0 Å². The number of benzene rings is 1. The Morgan fingerprint density at radius 2 is 1.39 bits per heavy atom. The number of hydrogen-bond acceptors (Lipinski definition) is 2. The van der Waals surface area contributed by atoms with E-state index in [0.717, 1.165) is 4.47 Å². The molecule has 0 fully saturated rings. The van der Waals surface area contributed by atoms with Gasteiger partial charge in [-0.25, -0.2) is 0 Å². The maximum atomic E-state index is 5.47. The molecule has 0 amide bonds. The molecule has 0 radical (unpaired) electrons. The van der Waals surface area contributed by atoms with Crippen molar-refractivity contribution in [3.63, 3.8) is 0 Å². The third kappa shape index (κ3) is 16.8. The molecule has 0 aliphatic carbocycles. The molecule has 18 heavy (non-hydrogen) atoms. The molecule has 0 unspecified atom stereocenters. The number of hydrogen-bond donors (Lipinski definition) is 2. The maximum Gasteiger partial charge on any atom is 0.0559 e. The fourth-order valence-corrected chi connectivity index (χ4v) is 0.924. The minimum Gasteiger partial charge on any atom is -0.397 e. The van der Waals surface area contributed by atoms with Crippen molar-refractivity contribution in [1.29, 1.82) is 0 Å². The molecule has 4 N–H and O–H groups in total. The Hall–Kier alpha value is -1.58. The summed E-state index contributed by atoms with van der Waals surface area (Å²) < 4.78 is 0.953. The lowest BCUT2D eigenvalue weighted by Gasteiger charge is -1.97. The molecule has 3 heteroatoms. The SMILES string of the molecule is C#CC.CC.CC#CC.Nc1ccc(Br)cc1N. The van der Waals surface area contributed by atoms with Gasteiger partial charge in [-0.2, -0.15) is 0 Å². The van der Waals surface area contributed by atoms with Crippen LogP contribution >= 0.6 is 15.9 Å². The van der Waals surface area contributed by atoms with Crippen LogP contribution in [0.4, 0.5) is 11.4 Å². The summed E-state index contributed by atoms with van der Waals surface area (Å²) in [5.74, 6) is 7.61. The van der Waals surface area contributed by atoms with Gasteiger partial charge in [-0.1, -0.05) is 29.8 Å². The van der Waals surface area contributed by atoms with E-state index in [1.165, 1.54) is 0 Å². The Labute approximate surface area is 120 Å². The van der Waals surface area contributed by atoms with Gasteiger partial charge in [-0.15, -0.1) is 24.2 Å². The van der Waals surface area contributed by atoms with Crippen LogP contribution in [0.15, 0.2) is 22.7 Å². The highest BCUT2D eigenvalue weighted by molar-refractivity contribution is 9.10. The van der Waals surface area contributed by atoms with E-state index in [-0.39, 0.29) is 0 Å². The number of halogens is 1. The number of terminal acetylenes is 1. The molecule has 0 aromatic heterocycles. The Bertz CT molecular complexity index is 389. The quantitative estimate of drug-likeness (QED) is 0.554. The lowest BCUT2D eigenvalue weighted by Crippen LogP contribution is -1.92. The van der Waals surface area contributed by atoms with E-state index in [2.05, 4.69) is 40.1 Å². The zero-order chi connectivity index (χ0) is 15.0. The van der Waals surface area contributed by atoms with Gasteiger partial charge < -0.3 is 11.5 Å². The van der Waals surface area contributed by atoms with Gasteiger partial charge in [0, 0.05) is 4.47 Å². The number of rotatable bonds is 0. The van der Waals surface area contributed by atoms with Crippen LogP contribution in [0.1, 0.15) is 34.6 Å². The summed E-state index contributed by atoms with van der Waals surface area (Å²) in [6.45, 7) is 9.29. The van der Waals surface area contributed by atoms with Gasteiger partial charge in [0.1, 0.15) is 0 Å². The normalized spacial score (nSPS) is 6.28. The van der Waals surface area contributed by atoms with E-state index < -0.39 is 0 Å². The predicted molar refractivity (Wildman–Crippen MR) is 87.9 cm³/mol. The molecule has 100 valence electrons. The molecule has 2 nitrogen and oxygen atoms in total. The Balaban J connectivity index is -0.000000212. The van der Waals surface area contributed by atoms with Crippen LogP contribution in [0.2, 0.25) is 0 Å². The van der Waals surface area contributed by atoms with Gasteiger partial charge >= 0.3 is 0 Å². The second kappa shape index (κ2) is 17.8. The largest absolute Gasteiger partial charge is 0.397 e. The van der Waals surface area contributed by atoms with E-state index in [0.29, 0.717) is 11.4 Å². The highest BCUT2D eigenvalue weighted by Crippen LogP contribution is 2.19. The van der Waals surface area contributed by atoms with Crippen molar-refractivity contribution in [2.45, 2.75) is 34.6 Å². The van der Waals surface area contributed by atoms with E-state index >= 15 is 0 Å².